The van der Waals surface area contributed by atoms with Crippen LogP contribution in [0, 0.1) is 5.92 Å². The Kier molecular flexibility index (Phi) is 7.46. The molecule has 0 fully saturated rings. The minimum absolute atomic E-state index is 0.00997. The lowest BCUT2D eigenvalue weighted by Gasteiger charge is -2.21. The van der Waals surface area contributed by atoms with Gasteiger partial charge in [-0.1, -0.05) is 50.6 Å². The quantitative estimate of drug-likeness (QED) is 0.672. The second-order valence-corrected chi connectivity index (χ2v) is 5.12. The highest BCUT2D eigenvalue weighted by Gasteiger charge is 2.23. The van der Waals surface area contributed by atoms with Crippen molar-refractivity contribution in [1.29, 1.82) is 0 Å². The number of ether oxygens (including phenoxy) is 1. The lowest BCUT2D eigenvalue weighted by Crippen LogP contribution is -2.49. The van der Waals surface area contributed by atoms with E-state index in [2.05, 4.69) is 5.32 Å². The number of amides is 2. The highest BCUT2D eigenvalue weighted by Crippen LogP contribution is 2.07. The maximum Gasteiger partial charge on any atom is 0.246 e. The first-order valence-electron chi connectivity index (χ1n) is 7.25. The smallest absolute Gasteiger partial charge is 0.246 e. The van der Waals surface area contributed by atoms with Gasteiger partial charge in [-0.25, -0.2) is 0 Å². The number of nitrogens with two attached hydrogens (primary N) is 1. The maximum absolute atomic E-state index is 11.7. The summed E-state index contributed by atoms with van der Waals surface area (Å²) in [7, 11) is 0. The largest absolute Gasteiger partial charge is 0.371 e. The van der Waals surface area contributed by atoms with E-state index in [9.17, 15) is 9.59 Å². The van der Waals surface area contributed by atoms with Gasteiger partial charge in [-0.15, -0.1) is 0 Å². The van der Waals surface area contributed by atoms with Gasteiger partial charge in [0, 0.05) is 0 Å². The molecular weight excluding hydrogens is 268 g/mol. The molecule has 21 heavy (non-hydrogen) atoms. The normalized spacial score (nSPS) is 13.4. The minimum Gasteiger partial charge on any atom is -0.371 e. The summed E-state index contributed by atoms with van der Waals surface area (Å²) in [6.07, 6.45) is 1.52. The Bertz CT molecular complexity index is 448. The van der Waals surface area contributed by atoms with Gasteiger partial charge >= 0.3 is 0 Å². The maximum atomic E-state index is 11.7. The van der Waals surface area contributed by atoms with Crippen molar-refractivity contribution >= 4 is 11.8 Å². The highest BCUT2D eigenvalue weighted by molar-refractivity contribution is 5.87. The Morgan fingerprint density at radius 3 is 2.52 bits per heavy atom. The number of rotatable bonds is 9. The summed E-state index contributed by atoms with van der Waals surface area (Å²) in [6.45, 7) is 4.23. The van der Waals surface area contributed by atoms with E-state index in [0.29, 0.717) is 6.61 Å². The van der Waals surface area contributed by atoms with E-state index in [0.717, 1.165) is 18.4 Å². The summed E-state index contributed by atoms with van der Waals surface area (Å²) in [4.78, 5) is 23.1. The van der Waals surface area contributed by atoms with Crippen molar-refractivity contribution in [2.24, 2.45) is 11.7 Å². The molecule has 1 aromatic carbocycles. The molecule has 0 spiro atoms. The standard InChI is InChI=1S/C16H24N2O3/c1-3-12(2)15(16(17)20)18-14(19)11-21-10-9-13-7-5-4-6-8-13/h4-8,12,15H,3,9-11H2,1-2H3,(H2,17,20)(H,18,19)/t12-,15-/m0/s1. The molecule has 0 aliphatic carbocycles. The van der Waals surface area contributed by atoms with Crippen LogP contribution in [0.15, 0.2) is 30.3 Å². The fourth-order valence-corrected chi connectivity index (χ4v) is 1.94. The van der Waals surface area contributed by atoms with E-state index in [4.69, 9.17) is 10.5 Å². The summed E-state index contributed by atoms with van der Waals surface area (Å²) in [6, 6.07) is 9.26. The van der Waals surface area contributed by atoms with Crippen molar-refractivity contribution in [3.8, 4) is 0 Å². The number of carbonyl (C=O) groups is 2. The van der Waals surface area contributed by atoms with Crippen molar-refractivity contribution in [2.75, 3.05) is 13.2 Å². The number of benzene rings is 1. The van der Waals surface area contributed by atoms with Crippen LogP contribution in [-0.2, 0) is 20.7 Å². The van der Waals surface area contributed by atoms with Gasteiger partial charge in [0.25, 0.3) is 0 Å². The third kappa shape index (κ3) is 6.40. The van der Waals surface area contributed by atoms with Crippen LogP contribution in [0.3, 0.4) is 0 Å². The Balaban J connectivity index is 2.28. The predicted octanol–water partition coefficient (Wildman–Crippen LogP) is 1.26. The molecule has 0 heterocycles. The van der Waals surface area contributed by atoms with Crippen molar-refractivity contribution in [3.05, 3.63) is 35.9 Å². The van der Waals surface area contributed by atoms with Crippen LogP contribution >= 0.6 is 0 Å². The van der Waals surface area contributed by atoms with Crippen LogP contribution in [0.4, 0.5) is 0 Å². The fraction of sp³-hybridized carbons (Fsp3) is 0.500. The summed E-state index contributed by atoms with van der Waals surface area (Å²) in [5.74, 6) is -0.815. The number of primary amides is 1. The molecule has 0 bridgehead atoms. The van der Waals surface area contributed by atoms with Gasteiger partial charge in [-0.2, -0.15) is 0 Å². The van der Waals surface area contributed by atoms with Crippen LogP contribution in [0.1, 0.15) is 25.8 Å². The Labute approximate surface area is 125 Å². The van der Waals surface area contributed by atoms with Crippen molar-refractivity contribution < 1.29 is 14.3 Å². The first-order valence-corrected chi connectivity index (χ1v) is 7.25. The van der Waals surface area contributed by atoms with Gasteiger partial charge in [0.05, 0.1) is 6.61 Å². The van der Waals surface area contributed by atoms with Gasteiger partial charge in [0.15, 0.2) is 0 Å². The molecule has 116 valence electrons. The van der Waals surface area contributed by atoms with Crippen LogP contribution in [-0.4, -0.2) is 31.1 Å². The lowest BCUT2D eigenvalue weighted by molar-refractivity contribution is -0.131. The zero-order chi connectivity index (χ0) is 15.7. The summed E-state index contributed by atoms with van der Waals surface area (Å²) in [5, 5.41) is 2.63. The van der Waals surface area contributed by atoms with Crippen LogP contribution in [0.25, 0.3) is 0 Å². The van der Waals surface area contributed by atoms with Crippen LogP contribution in [0.2, 0.25) is 0 Å². The van der Waals surface area contributed by atoms with Gasteiger partial charge in [-0.3, -0.25) is 9.59 Å². The van der Waals surface area contributed by atoms with Crippen molar-refractivity contribution in [2.45, 2.75) is 32.7 Å². The summed E-state index contributed by atoms with van der Waals surface area (Å²) >= 11 is 0. The molecule has 0 unspecified atom stereocenters. The van der Waals surface area contributed by atoms with E-state index >= 15 is 0 Å². The second kappa shape index (κ2) is 9.13. The molecule has 1 rings (SSSR count). The first kappa shape index (κ1) is 17.2. The van der Waals surface area contributed by atoms with Crippen LogP contribution in [0.5, 0.6) is 0 Å². The zero-order valence-electron chi connectivity index (χ0n) is 12.7. The third-order valence-electron chi connectivity index (χ3n) is 3.45. The Morgan fingerprint density at radius 2 is 1.95 bits per heavy atom. The fourth-order valence-electron chi connectivity index (χ4n) is 1.94. The molecule has 0 aliphatic heterocycles. The van der Waals surface area contributed by atoms with E-state index < -0.39 is 11.9 Å². The SMILES string of the molecule is CC[C@H](C)[C@H](NC(=O)COCCc1ccccc1)C(N)=O. The topological polar surface area (TPSA) is 81.4 Å². The molecule has 5 heteroatoms. The highest BCUT2D eigenvalue weighted by atomic mass is 16.5. The summed E-state index contributed by atoms with van der Waals surface area (Å²) < 4.78 is 5.33. The average Bonchev–Trinajstić information content (AvgIpc) is 2.49. The van der Waals surface area contributed by atoms with Gasteiger partial charge in [-0.05, 0) is 17.9 Å². The predicted molar refractivity (Wildman–Crippen MR) is 81.5 cm³/mol. The summed E-state index contributed by atoms with van der Waals surface area (Å²) in [5.41, 5.74) is 6.46. The molecule has 5 nitrogen and oxygen atoms in total. The molecule has 0 saturated carbocycles. The van der Waals surface area contributed by atoms with Gasteiger partial charge < -0.3 is 15.8 Å². The molecular formula is C16H24N2O3. The first-order chi connectivity index (χ1) is 10.0. The monoisotopic (exact) mass is 292 g/mol. The number of nitrogens with one attached hydrogen (secondary N) is 1. The molecule has 1 aromatic rings. The van der Waals surface area contributed by atoms with E-state index in [-0.39, 0.29) is 18.4 Å². The number of hydrogen-bond acceptors (Lipinski definition) is 3. The van der Waals surface area contributed by atoms with E-state index in [1.165, 1.54) is 0 Å². The minimum atomic E-state index is -0.639. The van der Waals surface area contributed by atoms with Crippen molar-refractivity contribution in [1.82, 2.24) is 5.32 Å². The van der Waals surface area contributed by atoms with E-state index in [1.807, 2.05) is 44.2 Å². The molecule has 0 saturated heterocycles. The molecule has 0 radical (unpaired) electrons. The molecule has 0 aromatic heterocycles. The number of hydrogen-bond donors (Lipinski definition) is 2. The van der Waals surface area contributed by atoms with Gasteiger partial charge in [0.1, 0.15) is 12.6 Å². The Morgan fingerprint density at radius 1 is 1.29 bits per heavy atom. The zero-order valence-corrected chi connectivity index (χ0v) is 12.7. The average molecular weight is 292 g/mol. The second-order valence-electron chi connectivity index (χ2n) is 5.12. The van der Waals surface area contributed by atoms with Gasteiger partial charge in [0.2, 0.25) is 11.8 Å². The molecule has 2 amide bonds. The molecule has 2 atom stereocenters. The van der Waals surface area contributed by atoms with Crippen molar-refractivity contribution in [3.63, 3.8) is 0 Å². The number of carbonyl (C=O) groups excluding carboxylic acids is 2. The van der Waals surface area contributed by atoms with Crippen LogP contribution < -0.4 is 11.1 Å². The van der Waals surface area contributed by atoms with E-state index in [1.54, 1.807) is 0 Å². The molecule has 0 aliphatic rings. The Hall–Kier alpha value is -1.88. The third-order valence-corrected chi connectivity index (χ3v) is 3.45. The lowest BCUT2D eigenvalue weighted by atomic mass is 9.99. The molecule has 3 N–H and O–H groups in total.